The molecule has 0 radical (unpaired) electrons. The fourth-order valence-corrected chi connectivity index (χ4v) is 2.90. The van der Waals surface area contributed by atoms with Crippen molar-refractivity contribution < 1.29 is 4.79 Å². The van der Waals surface area contributed by atoms with E-state index in [0.29, 0.717) is 5.84 Å². The highest BCUT2D eigenvalue weighted by molar-refractivity contribution is 8.13. The van der Waals surface area contributed by atoms with Crippen molar-refractivity contribution in [2.45, 2.75) is 18.7 Å². The lowest BCUT2D eigenvalue weighted by Gasteiger charge is -2.17. The summed E-state index contributed by atoms with van der Waals surface area (Å²) in [4.78, 5) is 28.1. The molecule has 1 atom stereocenters. The van der Waals surface area contributed by atoms with Gasteiger partial charge in [-0.25, -0.2) is 9.98 Å². The highest BCUT2D eigenvalue weighted by atomic mass is 32.2. The van der Waals surface area contributed by atoms with Gasteiger partial charge in [0.15, 0.2) is 11.9 Å². The van der Waals surface area contributed by atoms with Crippen LogP contribution in [0.3, 0.4) is 0 Å². The van der Waals surface area contributed by atoms with Crippen molar-refractivity contribution in [2.24, 2.45) is 20.0 Å². The molecular weight excluding hydrogens is 286 g/mol. The van der Waals surface area contributed by atoms with Gasteiger partial charge in [0, 0.05) is 12.7 Å². The average molecular weight is 299 g/mol. The molecule has 2 aliphatic rings. The second-order valence-corrected chi connectivity index (χ2v) is 5.49. The summed E-state index contributed by atoms with van der Waals surface area (Å²) >= 11 is 1.58. The molecule has 0 fully saturated rings. The van der Waals surface area contributed by atoms with Crippen molar-refractivity contribution in [1.82, 2.24) is 5.32 Å². The summed E-state index contributed by atoms with van der Waals surface area (Å²) in [5, 5.41) is 3.39. The van der Waals surface area contributed by atoms with Crippen LogP contribution in [-0.4, -0.2) is 35.1 Å². The minimum absolute atomic E-state index is 0.206. The predicted molar refractivity (Wildman–Crippen MR) is 86.1 cm³/mol. The molecule has 0 aliphatic carbocycles. The zero-order chi connectivity index (χ0) is 14.7. The summed E-state index contributed by atoms with van der Waals surface area (Å²) in [6.45, 7) is 1.42. The molecule has 0 saturated heterocycles. The van der Waals surface area contributed by atoms with Crippen LogP contribution in [0.1, 0.15) is 12.5 Å². The number of nitrogens with zero attached hydrogens (tertiary/aromatic N) is 4. The Morgan fingerprint density at radius 1 is 1.29 bits per heavy atom. The van der Waals surface area contributed by atoms with E-state index in [9.17, 15) is 4.79 Å². The van der Waals surface area contributed by atoms with Gasteiger partial charge in [-0.1, -0.05) is 30.3 Å². The third-order valence-corrected chi connectivity index (χ3v) is 3.93. The number of guanidine groups is 1. The van der Waals surface area contributed by atoms with E-state index in [2.05, 4.69) is 37.4 Å². The first-order valence-electron chi connectivity index (χ1n) is 6.43. The molecule has 7 heteroatoms. The molecule has 2 aliphatic heterocycles. The van der Waals surface area contributed by atoms with Gasteiger partial charge in [-0.15, -0.1) is 11.8 Å². The third kappa shape index (κ3) is 3.25. The number of fused-ring (bicyclic) bond motifs is 1. The number of nitrogens with one attached hydrogen (secondary N) is 1. The van der Waals surface area contributed by atoms with Crippen LogP contribution in [0, 0.1) is 0 Å². The summed E-state index contributed by atoms with van der Waals surface area (Å²) in [5.41, 5.74) is 1.20. The molecule has 3 rings (SSSR count). The highest BCUT2D eigenvalue weighted by Gasteiger charge is 2.29. The van der Waals surface area contributed by atoms with Gasteiger partial charge in [0.1, 0.15) is 11.4 Å². The van der Waals surface area contributed by atoms with Crippen LogP contribution in [0.4, 0.5) is 0 Å². The molecule has 21 heavy (non-hydrogen) atoms. The molecule has 1 unspecified atom stereocenters. The zero-order valence-corrected chi connectivity index (χ0v) is 12.2. The van der Waals surface area contributed by atoms with E-state index < -0.39 is 0 Å². The average Bonchev–Trinajstić information content (AvgIpc) is 2.93. The van der Waals surface area contributed by atoms with Gasteiger partial charge in [-0.05, 0) is 5.56 Å². The van der Waals surface area contributed by atoms with E-state index >= 15 is 0 Å². The van der Waals surface area contributed by atoms with E-state index in [1.165, 1.54) is 18.8 Å². The number of amides is 1. The standard InChI is InChI=1S/C14H13N5OS/c1-9(20)17-14-18-12-11(15-8-16-12)13(19-14)21-7-10-5-3-2-4-6-10/h2-6,8,11H,7H2,1H3,(H,15,16,17,18,20). The SMILES string of the molecule is CC(=O)NC1=NC2=NC=NC2C(SCc2ccccc2)=N1. The van der Waals surface area contributed by atoms with Crippen molar-refractivity contribution in [3.05, 3.63) is 35.9 Å². The van der Waals surface area contributed by atoms with E-state index in [1.807, 2.05) is 18.2 Å². The largest absolute Gasteiger partial charge is 0.295 e. The van der Waals surface area contributed by atoms with Gasteiger partial charge >= 0.3 is 0 Å². The van der Waals surface area contributed by atoms with Gasteiger partial charge in [0.2, 0.25) is 11.9 Å². The Bertz CT molecular complexity index is 678. The first-order valence-corrected chi connectivity index (χ1v) is 7.42. The molecule has 6 nitrogen and oxygen atoms in total. The first kappa shape index (κ1) is 13.7. The van der Waals surface area contributed by atoms with Crippen molar-refractivity contribution in [3.63, 3.8) is 0 Å². The molecule has 2 heterocycles. The van der Waals surface area contributed by atoms with Crippen molar-refractivity contribution >= 4 is 40.8 Å². The van der Waals surface area contributed by atoms with E-state index in [0.717, 1.165) is 10.8 Å². The summed E-state index contributed by atoms with van der Waals surface area (Å²) in [7, 11) is 0. The maximum Gasteiger partial charge on any atom is 0.232 e. The van der Waals surface area contributed by atoms with Crippen molar-refractivity contribution in [1.29, 1.82) is 0 Å². The van der Waals surface area contributed by atoms with Crippen LogP contribution in [0.25, 0.3) is 0 Å². The lowest BCUT2D eigenvalue weighted by Crippen LogP contribution is -2.36. The van der Waals surface area contributed by atoms with E-state index in [-0.39, 0.29) is 17.9 Å². The second-order valence-electron chi connectivity index (χ2n) is 4.50. The molecule has 0 aromatic heterocycles. The lowest BCUT2D eigenvalue weighted by atomic mass is 10.2. The molecule has 0 spiro atoms. The number of thioether (sulfide) groups is 1. The molecule has 106 valence electrons. The smallest absolute Gasteiger partial charge is 0.232 e. The van der Waals surface area contributed by atoms with Gasteiger partial charge in [-0.3, -0.25) is 15.1 Å². The van der Waals surface area contributed by atoms with Crippen LogP contribution in [0.2, 0.25) is 0 Å². The monoisotopic (exact) mass is 299 g/mol. The maximum atomic E-state index is 11.2. The number of hydrogen-bond acceptors (Lipinski definition) is 6. The molecule has 1 aromatic carbocycles. The maximum absolute atomic E-state index is 11.2. The minimum atomic E-state index is -0.240. The molecule has 1 amide bonds. The fourth-order valence-electron chi connectivity index (χ4n) is 1.92. The fraction of sp³-hybridized carbons (Fsp3) is 0.214. The summed E-state index contributed by atoms with van der Waals surface area (Å²) < 4.78 is 0. The van der Waals surface area contributed by atoms with Gasteiger partial charge in [-0.2, -0.15) is 4.99 Å². The number of benzene rings is 1. The Kier molecular flexibility index (Phi) is 3.92. The van der Waals surface area contributed by atoms with Gasteiger partial charge in [0.25, 0.3) is 0 Å². The number of hydrogen-bond donors (Lipinski definition) is 1. The summed E-state index contributed by atoms with van der Waals surface area (Å²) in [6, 6.07) is 9.88. The van der Waals surface area contributed by atoms with Crippen molar-refractivity contribution in [3.8, 4) is 0 Å². The first-order chi connectivity index (χ1) is 10.2. The number of carbonyl (C=O) groups excluding carboxylic acids is 1. The van der Waals surface area contributed by atoms with E-state index in [1.54, 1.807) is 11.8 Å². The Morgan fingerprint density at radius 2 is 2.10 bits per heavy atom. The number of amidine groups is 1. The lowest BCUT2D eigenvalue weighted by molar-refractivity contribution is -0.117. The Balaban J connectivity index is 1.77. The third-order valence-electron chi connectivity index (χ3n) is 2.84. The normalized spacial score (nSPS) is 19.5. The molecular formula is C14H13N5OS. The second kappa shape index (κ2) is 6.01. The molecule has 1 N–H and O–H groups in total. The van der Waals surface area contributed by atoms with Gasteiger partial charge in [0.05, 0.1) is 0 Å². The number of aliphatic imine (C=N–C) groups is 4. The summed E-state index contributed by atoms with van der Waals surface area (Å²) in [6.07, 6.45) is 1.48. The van der Waals surface area contributed by atoms with E-state index in [4.69, 9.17) is 0 Å². The number of carbonyl (C=O) groups is 1. The zero-order valence-electron chi connectivity index (χ0n) is 11.4. The molecule has 0 saturated carbocycles. The molecule has 0 bridgehead atoms. The quantitative estimate of drug-likeness (QED) is 0.901. The molecule has 1 aromatic rings. The van der Waals surface area contributed by atoms with Crippen LogP contribution >= 0.6 is 11.8 Å². The van der Waals surface area contributed by atoms with Crippen molar-refractivity contribution in [2.75, 3.05) is 0 Å². The Hall–Kier alpha value is -2.28. The van der Waals surface area contributed by atoms with Crippen LogP contribution in [0.15, 0.2) is 50.3 Å². The highest BCUT2D eigenvalue weighted by Crippen LogP contribution is 2.22. The predicted octanol–water partition coefficient (Wildman–Crippen LogP) is 1.63. The minimum Gasteiger partial charge on any atom is -0.295 e. The Morgan fingerprint density at radius 3 is 2.86 bits per heavy atom. The van der Waals surface area contributed by atoms with Gasteiger partial charge < -0.3 is 0 Å². The van der Waals surface area contributed by atoms with Crippen LogP contribution < -0.4 is 5.32 Å². The summed E-state index contributed by atoms with van der Waals surface area (Å²) in [5.74, 6) is 1.43. The van der Waals surface area contributed by atoms with Crippen LogP contribution in [-0.2, 0) is 10.5 Å². The van der Waals surface area contributed by atoms with Crippen LogP contribution in [0.5, 0.6) is 0 Å². The topological polar surface area (TPSA) is 78.5 Å². The Labute approximate surface area is 126 Å². The number of rotatable bonds is 2.